The van der Waals surface area contributed by atoms with Gasteiger partial charge in [0.25, 0.3) is 0 Å². The summed E-state index contributed by atoms with van der Waals surface area (Å²) in [6.07, 6.45) is 0. The summed E-state index contributed by atoms with van der Waals surface area (Å²) in [5.41, 5.74) is 6.96. The molecule has 2 aromatic rings. The number of nitrogens with one attached hydrogen (secondary N) is 1. The van der Waals surface area contributed by atoms with Gasteiger partial charge in [0.1, 0.15) is 0 Å². The smallest absolute Gasteiger partial charge is 0.246 e. The van der Waals surface area contributed by atoms with Gasteiger partial charge in [-0.25, -0.2) is 0 Å². The lowest BCUT2D eigenvalue weighted by Gasteiger charge is -2.33. The van der Waals surface area contributed by atoms with Crippen molar-refractivity contribution in [1.29, 1.82) is 0 Å². The molecular formula is C27H34N2O2. The van der Waals surface area contributed by atoms with Gasteiger partial charge in [-0.15, -0.1) is 0 Å². The number of carbonyl (C=O) groups excluding carboxylic acids is 2. The molecule has 1 aliphatic heterocycles. The van der Waals surface area contributed by atoms with Crippen LogP contribution in [-0.4, -0.2) is 18.4 Å². The molecule has 164 valence electrons. The Kier molecular flexibility index (Phi) is 6.99. The monoisotopic (exact) mass is 418 g/mol. The van der Waals surface area contributed by atoms with Crippen molar-refractivity contribution in [2.75, 3.05) is 11.4 Å². The number of carbonyl (C=O) groups is 2. The van der Waals surface area contributed by atoms with Crippen LogP contribution in [0.1, 0.15) is 58.2 Å². The predicted octanol–water partition coefficient (Wildman–Crippen LogP) is 5.53. The van der Waals surface area contributed by atoms with E-state index in [0.717, 1.165) is 16.8 Å². The largest absolute Gasteiger partial charge is 0.347 e. The molecule has 0 saturated heterocycles. The number of benzene rings is 2. The number of amides is 2. The van der Waals surface area contributed by atoms with Gasteiger partial charge in [-0.05, 0) is 40.2 Å². The first-order chi connectivity index (χ1) is 14.7. The van der Waals surface area contributed by atoms with E-state index < -0.39 is 0 Å². The SMILES string of the molecule is CC(C)C(=O)NCC(=O)N1Cc2ccccc2/C(C(C)C)=C(/C(C)C)c2ccccc21. The molecule has 0 saturated carbocycles. The van der Waals surface area contributed by atoms with E-state index in [1.807, 2.05) is 43.0 Å². The van der Waals surface area contributed by atoms with Crippen LogP contribution >= 0.6 is 0 Å². The third kappa shape index (κ3) is 4.73. The zero-order valence-corrected chi connectivity index (χ0v) is 19.5. The first-order valence-corrected chi connectivity index (χ1v) is 11.2. The van der Waals surface area contributed by atoms with Gasteiger partial charge in [-0.2, -0.15) is 0 Å². The van der Waals surface area contributed by atoms with Crippen LogP contribution in [0.5, 0.6) is 0 Å². The van der Waals surface area contributed by atoms with Crippen LogP contribution in [0, 0.1) is 17.8 Å². The van der Waals surface area contributed by atoms with Crippen LogP contribution in [0.2, 0.25) is 0 Å². The molecule has 31 heavy (non-hydrogen) atoms. The maximum atomic E-state index is 13.3. The molecule has 0 atom stereocenters. The zero-order chi connectivity index (χ0) is 22.7. The van der Waals surface area contributed by atoms with E-state index in [2.05, 4.69) is 57.3 Å². The Labute approximate surface area is 186 Å². The minimum absolute atomic E-state index is 0.00865. The van der Waals surface area contributed by atoms with Gasteiger partial charge in [-0.1, -0.05) is 84.0 Å². The zero-order valence-electron chi connectivity index (χ0n) is 19.5. The summed E-state index contributed by atoms with van der Waals surface area (Å²) in [4.78, 5) is 27.2. The number of allylic oxidation sites excluding steroid dienone is 2. The summed E-state index contributed by atoms with van der Waals surface area (Å²) in [5, 5.41) is 2.79. The standard InChI is InChI=1S/C27H34N2O2/c1-17(2)25-21-12-8-7-11-20(21)16-29(24(30)15-28-27(31)19(5)6)23-14-10-9-13-22(23)26(25)18(3)4/h7-14,17-19H,15-16H2,1-6H3,(H,28,31)/b26-25-. The van der Waals surface area contributed by atoms with Crippen molar-refractivity contribution >= 4 is 28.6 Å². The average Bonchev–Trinajstić information content (AvgIpc) is 2.72. The van der Waals surface area contributed by atoms with Crippen LogP contribution in [0.4, 0.5) is 5.69 Å². The topological polar surface area (TPSA) is 49.4 Å². The first kappa shape index (κ1) is 22.8. The molecule has 2 amide bonds. The lowest BCUT2D eigenvalue weighted by atomic mass is 9.79. The van der Waals surface area contributed by atoms with Crippen molar-refractivity contribution in [2.24, 2.45) is 17.8 Å². The quantitative estimate of drug-likeness (QED) is 0.694. The molecule has 0 fully saturated rings. The van der Waals surface area contributed by atoms with Gasteiger partial charge >= 0.3 is 0 Å². The number of fused-ring (bicyclic) bond motifs is 2. The van der Waals surface area contributed by atoms with E-state index in [4.69, 9.17) is 0 Å². The number of hydrogen-bond acceptors (Lipinski definition) is 2. The summed E-state index contributed by atoms with van der Waals surface area (Å²) in [5.74, 6) is 0.269. The van der Waals surface area contributed by atoms with Crippen LogP contribution in [0.25, 0.3) is 11.1 Å². The lowest BCUT2D eigenvalue weighted by molar-refractivity contribution is -0.127. The van der Waals surface area contributed by atoms with E-state index in [1.165, 1.54) is 16.7 Å². The Balaban J connectivity index is 2.19. The second-order valence-electron chi connectivity index (χ2n) is 9.16. The van der Waals surface area contributed by atoms with Gasteiger partial charge in [0.15, 0.2) is 0 Å². The summed E-state index contributed by atoms with van der Waals surface area (Å²) in [7, 11) is 0. The fourth-order valence-electron chi connectivity index (χ4n) is 4.33. The van der Waals surface area contributed by atoms with E-state index in [1.54, 1.807) is 0 Å². The molecule has 4 heteroatoms. The molecule has 3 rings (SSSR count). The molecule has 1 heterocycles. The summed E-state index contributed by atoms with van der Waals surface area (Å²) >= 11 is 0. The van der Waals surface area contributed by atoms with Gasteiger partial charge < -0.3 is 10.2 Å². The fourth-order valence-corrected chi connectivity index (χ4v) is 4.33. The molecule has 0 unspecified atom stereocenters. The molecule has 2 aromatic carbocycles. The molecule has 0 aromatic heterocycles. The van der Waals surface area contributed by atoms with Gasteiger partial charge in [0, 0.05) is 11.5 Å². The number of hydrogen-bond donors (Lipinski definition) is 1. The van der Waals surface area contributed by atoms with Crippen molar-refractivity contribution < 1.29 is 9.59 Å². The molecule has 0 radical (unpaired) electrons. The Hall–Kier alpha value is -2.88. The highest BCUT2D eigenvalue weighted by Gasteiger charge is 2.29. The van der Waals surface area contributed by atoms with E-state index in [9.17, 15) is 9.59 Å². The van der Waals surface area contributed by atoms with Crippen molar-refractivity contribution in [2.45, 2.75) is 48.1 Å². The Morgan fingerprint density at radius 3 is 2.00 bits per heavy atom. The molecule has 1 N–H and O–H groups in total. The third-order valence-corrected chi connectivity index (χ3v) is 5.81. The van der Waals surface area contributed by atoms with Crippen LogP contribution in [0.3, 0.4) is 0 Å². The maximum Gasteiger partial charge on any atom is 0.246 e. The molecule has 0 bridgehead atoms. The summed E-state index contributed by atoms with van der Waals surface area (Å²) < 4.78 is 0. The van der Waals surface area contributed by atoms with Crippen LogP contribution < -0.4 is 10.2 Å². The minimum Gasteiger partial charge on any atom is -0.347 e. The van der Waals surface area contributed by atoms with Crippen molar-refractivity contribution in [3.05, 3.63) is 65.2 Å². The number of para-hydroxylation sites is 1. The normalized spacial score (nSPS) is 16.1. The van der Waals surface area contributed by atoms with E-state index >= 15 is 0 Å². The molecule has 0 aliphatic carbocycles. The summed E-state index contributed by atoms with van der Waals surface area (Å²) in [6.45, 7) is 13.0. The number of anilines is 1. The fraction of sp³-hybridized carbons (Fsp3) is 0.407. The maximum absolute atomic E-state index is 13.3. The first-order valence-electron chi connectivity index (χ1n) is 11.2. The van der Waals surface area contributed by atoms with Crippen molar-refractivity contribution in [3.63, 3.8) is 0 Å². The molecule has 1 aliphatic rings. The highest BCUT2D eigenvalue weighted by Crippen LogP contribution is 2.43. The summed E-state index contributed by atoms with van der Waals surface area (Å²) in [6, 6.07) is 16.5. The van der Waals surface area contributed by atoms with E-state index in [0.29, 0.717) is 18.4 Å². The third-order valence-electron chi connectivity index (χ3n) is 5.81. The average molecular weight is 419 g/mol. The van der Waals surface area contributed by atoms with E-state index in [-0.39, 0.29) is 24.3 Å². The molecular weight excluding hydrogens is 384 g/mol. The second-order valence-corrected chi connectivity index (χ2v) is 9.16. The van der Waals surface area contributed by atoms with Gasteiger partial charge in [0.05, 0.1) is 18.8 Å². The van der Waals surface area contributed by atoms with Crippen LogP contribution in [0.15, 0.2) is 48.5 Å². The molecule has 0 spiro atoms. The Morgan fingerprint density at radius 1 is 0.839 bits per heavy atom. The van der Waals surface area contributed by atoms with Gasteiger partial charge in [-0.3, -0.25) is 9.59 Å². The Bertz CT molecular complexity index is 1000. The number of rotatable bonds is 5. The van der Waals surface area contributed by atoms with Crippen molar-refractivity contribution in [1.82, 2.24) is 5.32 Å². The van der Waals surface area contributed by atoms with Crippen molar-refractivity contribution in [3.8, 4) is 0 Å². The van der Waals surface area contributed by atoms with Crippen LogP contribution in [-0.2, 0) is 16.1 Å². The second kappa shape index (κ2) is 9.51. The lowest BCUT2D eigenvalue weighted by Crippen LogP contribution is -2.42. The predicted molar refractivity (Wildman–Crippen MR) is 128 cm³/mol. The number of nitrogens with zero attached hydrogens (tertiary/aromatic N) is 1. The molecule has 4 nitrogen and oxygen atoms in total. The Morgan fingerprint density at radius 2 is 1.39 bits per heavy atom. The minimum atomic E-state index is -0.155. The highest BCUT2D eigenvalue weighted by atomic mass is 16.2. The van der Waals surface area contributed by atoms with Gasteiger partial charge in [0.2, 0.25) is 11.8 Å². The highest BCUT2D eigenvalue weighted by molar-refractivity contribution is 6.04.